The fraction of sp³-hybridized carbons (Fsp3) is 1.00. The van der Waals surface area contributed by atoms with Gasteiger partial charge in [0.2, 0.25) is 0 Å². The van der Waals surface area contributed by atoms with Crippen molar-refractivity contribution in [2.45, 2.75) is 26.7 Å². The number of rotatable bonds is 3. The third-order valence-corrected chi connectivity index (χ3v) is 3.94. The lowest BCUT2D eigenvalue weighted by Gasteiger charge is -2.17. The summed E-state index contributed by atoms with van der Waals surface area (Å²) in [7, 11) is 0. The summed E-state index contributed by atoms with van der Waals surface area (Å²) in [6.45, 7) is 8.55. The van der Waals surface area contributed by atoms with Gasteiger partial charge in [-0.25, -0.2) is 0 Å². The van der Waals surface area contributed by atoms with Gasteiger partial charge in [-0.1, -0.05) is 13.8 Å². The van der Waals surface area contributed by atoms with E-state index in [1.807, 2.05) is 0 Å². The van der Waals surface area contributed by atoms with E-state index in [0.717, 1.165) is 50.1 Å². The standard InChI is InChI=1S/C12H22O2/c1-9-5-13-7-11(9)3-4-12-8-14-6-10(12)2/h9-12H,3-8H2,1-2H3. The predicted octanol–water partition coefficient (Wildman–Crippen LogP) is 2.33. The van der Waals surface area contributed by atoms with E-state index in [2.05, 4.69) is 13.8 Å². The highest BCUT2D eigenvalue weighted by Crippen LogP contribution is 2.30. The van der Waals surface area contributed by atoms with E-state index < -0.39 is 0 Å². The van der Waals surface area contributed by atoms with Crippen molar-refractivity contribution >= 4 is 0 Å². The summed E-state index contributed by atoms with van der Waals surface area (Å²) in [4.78, 5) is 0. The molecule has 82 valence electrons. The van der Waals surface area contributed by atoms with Crippen LogP contribution in [0.4, 0.5) is 0 Å². The van der Waals surface area contributed by atoms with Gasteiger partial charge in [0.25, 0.3) is 0 Å². The van der Waals surface area contributed by atoms with E-state index in [1.165, 1.54) is 12.8 Å². The van der Waals surface area contributed by atoms with Crippen LogP contribution in [0, 0.1) is 23.7 Å². The predicted molar refractivity (Wildman–Crippen MR) is 56.2 cm³/mol. The summed E-state index contributed by atoms with van der Waals surface area (Å²) < 4.78 is 11.0. The van der Waals surface area contributed by atoms with E-state index in [1.54, 1.807) is 0 Å². The minimum absolute atomic E-state index is 0.771. The monoisotopic (exact) mass is 198 g/mol. The smallest absolute Gasteiger partial charge is 0.0497 e. The van der Waals surface area contributed by atoms with E-state index in [4.69, 9.17) is 9.47 Å². The highest BCUT2D eigenvalue weighted by atomic mass is 16.5. The van der Waals surface area contributed by atoms with Crippen molar-refractivity contribution < 1.29 is 9.47 Å². The quantitative estimate of drug-likeness (QED) is 0.693. The molecular weight excluding hydrogens is 176 g/mol. The van der Waals surface area contributed by atoms with Crippen molar-refractivity contribution in [1.29, 1.82) is 0 Å². The van der Waals surface area contributed by atoms with E-state index in [-0.39, 0.29) is 0 Å². The second-order valence-corrected chi connectivity index (χ2v) is 5.13. The molecule has 14 heavy (non-hydrogen) atoms. The zero-order valence-corrected chi connectivity index (χ0v) is 9.37. The van der Waals surface area contributed by atoms with E-state index in [0.29, 0.717) is 0 Å². The summed E-state index contributed by atoms with van der Waals surface area (Å²) in [5.74, 6) is 3.16. The summed E-state index contributed by atoms with van der Waals surface area (Å²) >= 11 is 0. The molecule has 0 aromatic heterocycles. The molecule has 2 aliphatic heterocycles. The minimum Gasteiger partial charge on any atom is -0.381 e. The Kier molecular flexibility index (Phi) is 3.45. The molecule has 0 amide bonds. The van der Waals surface area contributed by atoms with Crippen molar-refractivity contribution in [3.05, 3.63) is 0 Å². The van der Waals surface area contributed by atoms with Gasteiger partial charge >= 0.3 is 0 Å². The molecule has 0 aliphatic carbocycles. The zero-order chi connectivity index (χ0) is 9.97. The zero-order valence-electron chi connectivity index (χ0n) is 9.37. The first-order chi connectivity index (χ1) is 6.77. The van der Waals surface area contributed by atoms with Gasteiger partial charge in [-0.15, -0.1) is 0 Å². The molecule has 0 N–H and O–H groups in total. The average Bonchev–Trinajstić information content (AvgIpc) is 2.72. The highest BCUT2D eigenvalue weighted by molar-refractivity contribution is 4.76. The maximum atomic E-state index is 5.48. The first-order valence-corrected chi connectivity index (χ1v) is 5.93. The fourth-order valence-electron chi connectivity index (χ4n) is 2.58. The van der Waals surface area contributed by atoms with Crippen LogP contribution in [-0.4, -0.2) is 26.4 Å². The maximum absolute atomic E-state index is 5.48. The molecule has 4 atom stereocenters. The van der Waals surface area contributed by atoms with Gasteiger partial charge in [-0.2, -0.15) is 0 Å². The molecule has 0 radical (unpaired) electrons. The third kappa shape index (κ3) is 2.29. The van der Waals surface area contributed by atoms with Crippen LogP contribution in [0.5, 0.6) is 0 Å². The topological polar surface area (TPSA) is 18.5 Å². The molecule has 0 bridgehead atoms. The summed E-state index contributed by atoms with van der Waals surface area (Å²) in [5.41, 5.74) is 0. The van der Waals surface area contributed by atoms with Gasteiger partial charge < -0.3 is 9.47 Å². The molecule has 2 rings (SSSR count). The van der Waals surface area contributed by atoms with Crippen LogP contribution in [0.2, 0.25) is 0 Å². The largest absolute Gasteiger partial charge is 0.381 e. The van der Waals surface area contributed by atoms with Crippen LogP contribution in [0.15, 0.2) is 0 Å². The minimum atomic E-state index is 0.771. The van der Waals surface area contributed by atoms with E-state index >= 15 is 0 Å². The molecule has 4 unspecified atom stereocenters. The SMILES string of the molecule is CC1COCC1CCC1COCC1C. The van der Waals surface area contributed by atoms with Gasteiger partial charge in [-0.05, 0) is 36.5 Å². The van der Waals surface area contributed by atoms with Gasteiger partial charge in [0.15, 0.2) is 0 Å². The maximum Gasteiger partial charge on any atom is 0.0497 e. The lowest BCUT2D eigenvalue weighted by molar-refractivity contribution is 0.173. The Morgan fingerprint density at radius 1 is 0.786 bits per heavy atom. The Balaban J connectivity index is 1.71. The molecule has 0 aromatic rings. The number of hydrogen-bond donors (Lipinski definition) is 0. The van der Waals surface area contributed by atoms with Gasteiger partial charge in [0.05, 0.1) is 0 Å². The van der Waals surface area contributed by atoms with Crippen molar-refractivity contribution in [2.24, 2.45) is 23.7 Å². The lowest BCUT2D eigenvalue weighted by atomic mass is 9.86. The van der Waals surface area contributed by atoms with Crippen molar-refractivity contribution in [3.8, 4) is 0 Å². The molecule has 2 heteroatoms. The second-order valence-electron chi connectivity index (χ2n) is 5.13. The third-order valence-electron chi connectivity index (χ3n) is 3.94. The Morgan fingerprint density at radius 2 is 1.21 bits per heavy atom. The van der Waals surface area contributed by atoms with Crippen molar-refractivity contribution in [1.82, 2.24) is 0 Å². The first kappa shape index (κ1) is 10.4. The first-order valence-electron chi connectivity index (χ1n) is 5.93. The lowest BCUT2D eigenvalue weighted by Crippen LogP contribution is -2.14. The van der Waals surface area contributed by atoms with Gasteiger partial charge in [0.1, 0.15) is 0 Å². The van der Waals surface area contributed by atoms with Crippen LogP contribution in [0.3, 0.4) is 0 Å². The van der Waals surface area contributed by atoms with Crippen LogP contribution >= 0.6 is 0 Å². The van der Waals surface area contributed by atoms with Gasteiger partial charge in [0, 0.05) is 26.4 Å². The molecule has 2 heterocycles. The second kappa shape index (κ2) is 4.63. The number of ether oxygens (including phenoxy) is 2. The molecule has 2 aliphatic rings. The number of hydrogen-bond acceptors (Lipinski definition) is 2. The van der Waals surface area contributed by atoms with Crippen LogP contribution < -0.4 is 0 Å². The Hall–Kier alpha value is -0.0800. The van der Waals surface area contributed by atoms with Crippen LogP contribution in [0.1, 0.15) is 26.7 Å². The van der Waals surface area contributed by atoms with Crippen molar-refractivity contribution in [2.75, 3.05) is 26.4 Å². The van der Waals surface area contributed by atoms with E-state index in [9.17, 15) is 0 Å². The molecule has 2 nitrogen and oxygen atoms in total. The molecule has 0 spiro atoms. The molecule has 2 fully saturated rings. The normalized spacial score (nSPS) is 43.3. The van der Waals surface area contributed by atoms with Crippen molar-refractivity contribution in [3.63, 3.8) is 0 Å². The fourth-order valence-corrected chi connectivity index (χ4v) is 2.58. The van der Waals surface area contributed by atoms with Crippen LogP contribution in [0.25, 0.3) is 0 Å². The Labute approximate surface area is 87.0 Å². The molecule has 0 aromatic carbocycles. The Morgan fingerprint density at radius 3 is 1.50 bits per heavy atom. The van der Waals surface area contributed by atoms with Crippen LogP contribution in [-0.2, 0) is 9.47 Å². The summed E-state index contributed by atoms with van der Waals surface area (Å²) in [6, 6.07) is 0. The van der Waals surface area contributed by atoms with Gasteiger partial charge in [-0.3, -0.25) is 0 Å². The Bertz CT molecular complexity index is 161. The molecule has 2 saturated heterocycles. The summed E-state index contributed by atoms with van der Waals surface area (Å²) in [6.07, 6.45) is 2.67. The average molecular weight is 198 g/mol. The molecule has 0 saturated carbocycles. The molecular formula is C12H22O2. The highest BCUT2D eigenvalue weighted by Gasteiger charge is 2.28. The summed E-state index contributed by atoms with van der Waals surface area (Å²) in [5, 5.41) is 0.